The van der Waals surface area contributed by atoms with E-state index >= 15 is 0 Å². The average molecular weight is 374 g/mol. The summed E-state index contributed by atoms with van der Waals surface area (Å²) in [5.41, 5.74) is 0.101. The zero-order valence-corrected chi connectivity index (χ0v) is 13.6. The van der Waals surface area contributed by atoms with Crippen molar-refractivity contribution in [1.29, 1.82) is 0 Å². The van der Waals surface area contributed by atoms with Crippen molar-refractivity contribution < 1.29 is 18.7 Å². The van der Waals surface area contributed by atoms with Crippen LogP contribution in [0.15, 0.2) is 34.8 Å². The summed E-state index contributed by atoms with van der Waals surface area (Å²) in [5, 5.41) is 0.284. The van der Waals surface area contributed by atoms with Gasteiger partial charge in [0.15, 0.2) is 5.78 Å². The Morgan fingerprint density at radius 1 is 1.14 bits per heavy atom. The molecule has 110 valence electrons. The molecule has 0 atom stereocenters. The summed E-state index contributed by atoms with van der Waals surface area (Å²) < 4.78 is 24.7. The van der Waals surface area contributed by atoms with Crippen LogP contribution in [0.1, 0.15) is 15.9 Å². The largest absolute Gasteiger partial charge is 0.495 e. The van der Waals surface area contributed by atoms with Crippen LogP contribution in [0.4, 0.5) is 4.39 Å². The van der Waals surface area contributed by atoms with E-state index in [1.54, 1.807) is 6.07 Å². The van der Waals surface area contributed by atoms with Crippen LogP contribution < -0.4 is 9.47 Å². The molecule has 0 amide bonds. The Morgan fingerprint density at radius 2 is 1.86 bits per heavy atom. The van der Waals surface area contributed by atoms with Gasteiger partial charge in [0.1, 0.15) is 21.8 Å². The summed E-state index contributed by atoms with van der Waals surface area (Å²) in [7, 11) is 2.92. The van der Waals surface area contributed by atoms with Gasteiger partial charge in [-0.1, -0.05) is 11.6 Å². The standard InChI is InChI=1S/C15H11BrClFO3/c1-20-12-6-4-9(15(21-2)13(12)16)14(19)10-7-8(17)3-5-11(10)18/h3-7H,1-2H3. The molecule has 2 aromatic rings. The highest BCUT2D eigenvalue weighted by Crippen LogP contribution is 2.38. The molecule has 0 saturated heterocycles. The third-order valence-corrected chi connectivity index (χ3v) is 3.89. The van der Waals surface area contributed by atoms with Crippen molar-refractivity contribution in [2.24, 2.45) is 0 Å². The van der Waals surface area contributed by atoms with Crippen LogP contribution >= 0.6 is 27.5 Å². The number of methoxy groups -OCH3 is 2. The Bertz CT molecular complexity index is 704. The van der Waals surface area contributed by atoms with Crippen LogP contribution in [0.3, 0.4) is 0 Å². The normalized spacial score (nSPS) is 10.3. The van der Waals surface area contributed by atoms with Crippen LogP contribution in [0.5, 0.6) is 11.5 Å². The van der Waals surface area contributed by atoms with Gasteiger partial charge in [-0.05, 0) is 46.3 Å². The predicted molar refractivity (Wildman–Crippen MR) is 82.1 cm³/mol. The second-order valence-electron chi connectivity index (χ2n) is 4.12. The number of hydrogen-bond donors (Lipinski definition) is 0. The zero-order valence-electron chi connectivity index (χ0n) is 11.2. The molecule has 0 aliphatic heterocycles. The van der Waals surface area contributed by atoms with E-state index in [1.807, 2.05) is 0 Å². The van der Waals surface area contributed by atoms with Crippen molar-refractivity contribution >= 4 is 33.3 Å². The molecule has 21 heavy (non-hydrogen) atoms. The second-order valence-corrected chi connectivity index (χ2v) is 5.35. The molecule has 0 bridgehead atoms. The van der Waals surface area contributed by atoms with Gasteiger partial charge in [0.2, 0.25) is 0 Å². The summed E-state index contributed by atoms with van der Waals surface area (Å²) in [4.78, 5) is 12.5. The third-order valence-electron chi connectivity index (χ3n) is 2.90. The number of ether oxygens (including phenoxy) is 2. The molecule has 0 aliphatic carbocycles. The number of benzene rings is 2. The molecule has 0 radical (unpaired) electrons. The first kappa shape index (κ1) is 15.8. The van der Waals surface area contributed by atoms with Crippen LogP contribution in [0, 0.1) is 5.82 Å². The molecule has 3 nitrogen and oxygen atoms in total. The maximum absolute atomic E-state index is 13.8. The summed E-state index contributed by atoms with van der Waals surface area (Å²) in [6.07, 6.45) is 0. The van der Waals surface area contributed by atoms with Gasteiger partial charge in [-0.15, -0.1) is 0 Å². The lowest BCUT2D eigenvalue weighted by atomic mass is 10.0. The first-order chi connectivity index (χ1) is 9.99. The van der Waals surface area contributed by atoms with Gasteiger partial charge in [-0.2, -0.15) is 0 Å². The van der Waals surface area contributed by atoms with Crippen molar-refractivity contribution in [2.75, 3.05) is 14.2 Å². The second kappa shape index (κ2) is 6.45. The molecule has 0 saturated carbocycles. The maximum atomic E-state index is 13.8. The fourth-order valence-electron chi connectivity index (χ4n) is 1.89. The van der Waals surface area contributed by atoms with Crippen molar-refractivity contribution in [3.63, 3.8) is 0 Å². The minimum Gasteiger partial charge on any atom is -0.495 e. The van der Waals surface area contributed by atoms with Gasteiger partial charge in [0.05, 0.1) is 25.3 Å². The third kappa shape index (κ3) is 3.04. The topological polar surface area (TPSA) is 35.5 Å². The summed E-state index contributed by atoms with van der Waals surface area (Å²) in [6.45, 7) is 0. The lowest BCUT2D eigenvalue weighted by molar-refractivity contribution is 0.103. The van der Waals surface area contributed by atoms with Gasteiger partial charge < -0.3 is 9.47 Å². The van der Waals surface area contributed by atoms with Crippen molar-refractivity contribution in [3.05, 3.63) is 56.8 Å². The number of carbonyl (C=O) groups is 1. The molecule has 6 heteroatoms. The molecular formula is C15H11BrClFO3. The number of carbonyl (C=O) groups excluding carboxylic acids is 1. The maximum Gasteiger partial charge on any atom is 0.199 e. The molecule has 0 aromatic heterocycles. The molecular weight excluding hydrogens is 363 g/mol. The van der Waals surface area contributed by atoms with Gasteiger partial charge in [-0.3, -0.25) is 4.79 Å². The summed E-state index contributed by atoms with van der Waals surface area (Å²) in [5.74, 6) is -0.373. The number of hydrogen-bond acceptors (Lipinski definition) is 3. The van der Waals surface area contributed by atoms with Crippen molar-refractivity contribution in [3.8, 4) is 11.5 Å². The number of ketones is 1. The highest BCUT2D eigenvalue weighted by Gasteiger charge is 2.22. The monoisotopic (exact) mass is 372 g/mol. The minimum atomic E-state index is -0.640. The first-order valence-electron chi connectivity index (χ1n) is 5.89. The van der Waals surface area contributed by atoms with E-state index < -0.39 is 11.6 Å². The lowest BCUT2D eigenvalue weighted by Crippen LogP contribution is -2.07. The quantitative estimate of drug-likeness (QED) is 0.741. The van der Waals surface area contributed by atoms with Crippen LogP contribution in [-0.2, 0) is 0 Å². The van der Waals surface area contributed by atoms with Gasteiger partial charge in [-0.25, -0.2) is 4.39 Å². The van der Waals surface area contributed by atoms with Crippen molar-refractivity contribution in [1.82, 2.24) is 0 Å². The van der Waals surface area contributed by atoms with Gasteiger partial charge in [0, 0.05) is 5.02 Å². The van der Waals surface area contributed by atoms with E-state index in [0.29, 0.717) is 10.2 Å². The fourth-order valence-corrected chi connectivity index (χ4v) is 2.73. The number of rotatable bonds is 4. The molecule has 2 rings (SSSR count). The zero-order chi connectivity index (χ0) is 15.6. The van der Waals surface area contributed by atoms with E-state index in [9.17, 15) is 9.18 Å². The van der Waals surface area contributed by atoms with Gasteiger partial charge >= 0.3 is 0 Å². The van der Waals surface area contributed by atoms with E-state index in [-0.39, 0.29) is 21.9 Å². The van der Waals surface area contributed by atoms with E-state index in [1.165, 1.54) is 32.4 Å². The molecule has 0 aliphatic rings. The molecule has 2 aromatic carbocycles. The summed E-state index contributed by atoms with van der Waals surface area (Å²) >= 11 is 9.13. The average Bonchev–Trinajstić information content (AvgIpc) is 2.48. The fraction of sp³-hybridized carbons (Fsp3) is 0.133. The highest BCUT2D eigenvalue weighted by molar-refractivity contribution is 9.10. The Labute approximate surface area is 134 Å². The Morgan fingerprint density at radius 3 is 2.48 bits per heavy atom. The lowest BCUT2D eigenvalue weighted by Gasteiger charge is -2.13. The molecule has 0 heterocycles. The van der Waals surface area contributed by atoms with Crippen LogP contribution in [0.2, 0.25) is 5.02 Å². The SMILES string of the molecule is COc1ccc(C(=O)c2cc(Cl)ccc2F)c(OC)c1Br. The molecule has 0 unspecified atom stereocenters. The van der Waals surface area contributed by atoms with Crippen LogP contribution in [-0.4, -0.2) is 20.0 Å². The van der Waals surface area contributed by atoms with Crippen molar-refractivity contribution in [2.45, 2.75) is 0 Å². The smallest absolute Gasteiger partial charge is 0.199 e. The highest BCUT2D eigenvalue weighted by atomic mass is 79.9. The van der Waals surface area contributed by atoms with Gasteiger partial charge in [0.25, 0.3) is 0 Å². The Balaban J connectivity index is 2.58. The van der Waals surface area contributed by atoms with E-state index in [2.05, 4.69) is 15.9 Å². The predicted octanol–water partition coefficient (Wildman–Crippen LogP) is 4.49. The first-order valence-corrected chi connectivity index (χ1v) is 7.07. The van der Waals surface area contributed by atoms with E-state index in [0.717, 1.165) is 6.07 Å². The Kier molecular flexibility index (Phi) is 4.85. The summed E-state index contributed by atoms with van der Waals surface area (Å²) in [6, 6.07) is 6.94. The molecule has 0 spiro atoms. The Hall–Kier alpha value is -1.59. The van der Waals surface area contributed by atoms with Crippen LogP contribution in [0.25, 0.3) is 0 Å². The number of halogens is 3. The molecule has 0 fully saturated rings. The van der Waals surface area contributed by atoms with E-state index in [4.69, 9.17) is 21.1 Å². The molecule has 0 N–H and O–H groups in total. The minimum absolute atomic E-state index is 0.113.